The van der Waals surface area contributed by atoms with E-state index in [2.05, 4.69) is 10.3 Å². The lowest BCUT2D eigenvalue weighted by Crippen LogP contribution is -2.29. The van der Waals surface area contributed by atoms with E-state index in [9.17, 15) is 14.7 Å². The number of nitrogens with two attached hydrogens (primary N) is 1. The van der Waals surface area contributed by atoms with Crippen LogP contribution < -0.4 is 11.1 Å². The van der Waals surface area contributed by atoms with Gasteiger partial charge in [0.15, 0.2) is 17.8 Å². The number of amides is 1. The number of hydrogen-bond donors (Lipinski definition) is 3. The van der Waals surface area contributed by atoms with E-state index in [4.69, 9.17) is 15.7 Å². The van der Waals surface area contributed by atoms with Crippen molar-refractivity contribution in [1.82, 2.24) is 24.8 Å². The van der Waals surface area contributed by atoms with Gasteiger partial charge in [-0.15, -0.1) is 0 Å². The molecule has 0 spiro atoms. The number of aldehydes is 1. The van der Waals surface area contributed by atoms with Gasteiger partial charge in [-0.3, -0.25) is 14.2 Å². The average Bonchev–Trinajstić information content (AvgIpc) is 3.39. The van der Waals surface area contributed by atoms with Crippen molar-refractivity contribution in [3.63, 3.8) is 0 Å². The lowest BCUT2D eigenvalue weighted by molar-refractivity contribution is -0.123. The zero-order chi connectivity index (χ0) is 28.3. The fourth-order valence-corrected chi connectivity index (χ4v) is 4.86. The number of allylic oxidation sites excluding steroid dienone is 3. The van der Waals surface area contributed by atoms with Crippen molar-refractivity contribution < 1.29 is 14.7 Å². The highest BCUT2D eigenvalue weighted by atomic mass is 16.3. The molecule has 3 aromatic heterocycles. The minimum atomic E-state index is -0.379. The van der Waals surface area contributed by atoms with E-state index in [-0.39, 0.29) is 29.7 Å². The molecule has 6 rings (SSSR count). The van der Waals surface area contributed by atoms with Crippen molar-refractivity contribution in [3.05, 3.63) is 108 Å². The first-order chi connectivity index (χ1) is 20.0. The minimum Gasteiger partial charge on any atom is -0.507 e. The molecule has 9 nitrogen and oxygen atoms in total. The summed E-state index contributed by atoms with van der Waals surface area (Å²) in [7, 11) is 0. The maximum absolute atomic E-state index is 13.0. The number of carbonyl (C=O) groups is 2. The third-order valence-corrected chi connectivity index (χ3v) is 7.01. The van der Waals surface area contributed by atoms with Crippen molar-refractivity contribution in [3.8, 4) is 28.4 Å². The minimum absolute atomic E-state index is 0.0900. The van der Waals surface area contributed by atoms with Gasteiger partial charge in [-0.1, -0.05) is 48.6 Å². The lowest BCUT2D eigenvalue weighted by Gasteiger charge is -2.18. The number of aromatic nitrogens is 4. The summed E-state index contributed by atoms with van der Waals surface area (Å²) < 4.78 is 1.96. The van der Waals surface area contributed by atoms with Crippen molar-refractivity contribution in [2.75, 3.05) is 5.73 Å². The number of anilines is 1. The summed E-state index contributed by atoms with van der Waals surface area (Å²) >= 11 is 0. The normalized spacial score (nSPS) is 14.5. The Bertz CT molecular complexity index is 1840. The highest BCUT2D eigenvalue weighted by Gasteiger charge is 2.23. The number of phenols is 1. The van der Waals surface area contributed by atoms with Crippen molar-refractivity contribution >= 4 is 34.9 Å². The Morgan fingerprint density at radius 3 is 2.68 bits per heavy atom. The molecule has 202 valence electrons. The molecule has 3 heterocycles. The van der Waals surface area contributed by atoms with Crippen LogP contribution >= 0.6 is 0 Å². The van der Waals surface area contributed by atoms with Crippen LogP contribution in [0.2, 0.25) is 0 Å². The van der Waals surface area contributed by atoms with Crippen molar-refractivity contribution in [2.24, 2.45) is 5.92 Å². The average molecular weight is 543 g/mol. The largest absolute Gasteiger partial charge is 0.507 e. The third-order valence-electron chi connectivity index (χ3n) is 7.01. The number of phenolic OH excluding ortho intramolecular Hbond substituents is 1. The summed E-state index contributed by atoms with van der Waals surface area (Å²) in [4.78, 5) is 38.2. The van der Waals surface area contributed by atoms with Gasteiger partial charge in [0.05, 0.1) is 22.7 Å². The molecular weight excluding hydrogens is 516 g/mol. The number of hydrogen-bond acceptors (Lipinski definition) is 7. The van der Waals surface area contributed by atoms with Crippen LogP contribution in [0.1, 0.15) is 22.3 Å². The first kappa shape index (κ1) is 25.7. The van der Waals surface area contributed by atoms with Crippen LogP contribution in [0, 0.1) is 5.92 Å². The van der Waals surface area contributed by atoms with Gasteiger partial charge in [-0.2, -0.15) is 0 Å². The Morgan fingerprint density at radius 1 is 1.07 bits per heavy atom. The van der Waals surface area contributed by atoms with E-state index < -0.39 is 0 Å². The Kier molecular flexibility index (Phi) is 6.83. The summed E-state index contributed by atoms with van der Waals surface area (Å²) in [6, 6.07) is 22.2. The molecule has 1 aliphatic carbocycles. The molecule has 1 atom stereocenters. The Balaban J connectivity index is 1.31. The van der Waals surface area contributed by atoms with Crippen LogP contribution in [-0.2, 0) is 11.3 Å². The standard InChI is InChI=1S/C32H26N6O3/c33-29-25(7-4-16-34-29)30-37-27-14-13-26(21-5-2-1-3-6-21)36-31(27)38(30)24-11-9-22(10-12-24)32(41)35-18-20-8-15-28(40)23(17-20)19-39/h1-9,11-17,19,22,40H,10,18H2,(H2,33,34)(H,35,41). The van der Waals surface area contributed by atoms with Gasteiger partial charge in [-0.25, -0.2) is 15.0 Å². The number of aromatic hydroxyl groups is 1. The maximum Gasteiger partial charge on any atom is 0.227 e. The zero-order valence-corrected chi connectivity index (χ0v) is 21.9. The Hall–Kier alpha value is -5.57. The van der Waals surface area contributed by atoms with Crippen molar-refractivity contribution in [2.45, 2.75) is 13.0 Å². The molecule has 5 aromatic rings. The molecule has 4 N–H and O–H groups in total. The molecule has 0 saturated carbocycles. The molecule has 1 amide bonds. The second-order valence-electron chi connectivity index (χ2n) is 9.67. The van der Waals surface area contributed by atoms with Gasteiger partial charge in [0.2, 0.25) is 5.91 Å². The number of fused-ring (bicyclic) bond motifs is 1. The van der Waals surface area contributed by atoms with Crippen LogP contribution in [-0.4, -0.2) is 36.8 Å². The molecule has 0 saturated heterocycles. The predicted octanol–water partition coefficient (Wildman–Crippen LogP) is 4.99. The second kappa shape index (κ2) is 10.9. The van der Waals surface area contributed by atoms with Crippen molar-refractivity contribution in [1.29, 1.82) is 0 Å². The van der Waals surface area contributed by atoms with Crippen LogP contribution in [0.3, 0.4) is 0 Å². The maximum atomic E-state index is 13.0. The Labute approximate surface area is 235 Å². The van der Waals surface area contributed by atoms with E-state index in [1.165, 1.54) is 6.07 Å². The number of imidazole rings is 1. The van der Waals surface area contributed by atoms with E-state index >= 15 is 0 Å². The third kappa shape index (κ3) is 5.08. The molecule has 9 heteroatoms. The molecule has 2 aromatic carbocycles. The second-order valence-corrected chi connectivity index (χ2v) is 9.67. The van der Waals surface area contributed by atoms with Crippen LogP contribution in [0.15, 0.2) is 97.2 Å². The van der Waals surface area contributed by atoms with E-state index in [0.717, 1.165) is 22.5 Å². The van der Waals surface area contributed by atoms with Gasteiger partial charge < -0.3 is 16.2 Å². The molecule has 1 unspecified atom stereocenters. The summed E-state index contributed by atoms with van der Waals surface area (Å²) in [5.74, 6) is 0.357. The fraction of sp³-hybridized carbons (Fsp3) is 0.0938. The van der Waals surface area contributed by atoms with E-state index in [1.807, 2.05) is 77.4 Å². The van der Waals surface area contributed by atoms with E-state index in [1.54, 1.807) is 18.3 Å². The molecule has 0 fully saturated rings. The van der Waals surface area contributed by atoms with Gasteiger partial charge in [0.25, 0.3) is 0 Å². The van der Waals surface area contributed by atoms with Gasteiger partial charge in [0, 0.05) is 24.0 Å². The lowest BCUT2D eigenvalue weighted by atomic mass is 9.98. The summed E-state index contributed by atoms with van der Waals surface area (Å²) in [6.45, 7) is 0.240. The smallest absolute Gasteiger partial charge is 0.227 e. The first-order valence-corrected chi connectivity index (χ1v) is 13.1. The summed E-state index contributed by atoms with van der Waals surface area (Å²) in [6.07, 6.45) is 8.44. The first-order valence-electron chi connectivity index (χ1n) is 13.1. The molecular formula is C32H26N6O3. The zero-order valence-electron chi connectivity index (χ0n) is 21.9. The van der Waals surface area contributed by atoms with E-state index in [0.29, 0.717) is 41.1 Å². The molecule has 0 bridgehead atoms. The highest BCUT2D eigenvalue weighted by Crippen LogP contribution is 2.33. The fourth-order valence-electron chi connectivity index (χ4n) is 4.86. The van der Waals surface area contributed by atoms with Gasteiger partial charge in [0.1, 0.15) is 17.1 Å². The quantitative estimate of drug-likeness (QED) is 0.246. The summed E-state index contributed by atoms with van der Waals surface area (Å²) in [5, 5.41) is 12.6. The van der Waals surface area contributed by atoms with Crippen LogP contribution in [0.25, 0.3) is 39.5 Å². The Morgan fingerprint density at radius 2 is 1.93 bits per heavy atom. The summed E-state index contributed by atoms with van der Waals surface area (Å²) in [5.41, 5.74) is 11.8. The number of nitrogen functional groups attached to an aromatic ring is 1. The van der Waals surface area contributed by atoms with Crippen LogP contribution in [0.4, 0.5) is 5.82 Å². The number of pyridine rings is 2. The number of carbonyl (C=O) groups excluding carboxylic acids is 2. The highest BCUT2D eigenvalue weighted by molar-refractivity contribution is 5.89. The van der Waals surface area contributed by atoms with Gasteiger partial charge >= 0.3 is 0 Å². The predicted molar refractivity (Wildman–Crippen MR) is 157 cm³/mol. The molecule has 41 heavy (non-hydrogen) atoms. The molecule has 0 radical (unpaired) electrons. The topological polar surface area (TPSA) is 136 Å². The SMILES string of the molecule is Nc1ncccc1-c1nc2ccc(-c3ccccc3)nc2n1C1=CCC(C(=O)NCc2ccc(O)c(C=O)c2)C=C1. The van der Waals surface area contributed by atoms with Gasteiger partial charge in [-0.05, 0) is 54.5 Å². The van der Waals surface area contributed by atoms with Crippen LogP contribution in [0.5, 0.6) is 5.75 Å². The molecule has 0 aliphatic heterocycles. The molecule has 1 aliphatic rings. The monoisotopic (exact) mass is 542 g/mol. The number of nitrogens with zero attached hydrogens (tertiary/aromatic N) is 4. The number of nitrogens with one attached hydrogen (secondary N) is 1. The number of rotatable bonds is 7. The number of benzene rings is 2.